The molecule has 0 spiro atoms. The lowest BCUT2D eigenvalue weighted by Crippen LogP contribution is -2.14. The van der Waals surface area contributed by atoms with Crippen molar-refractivity contribution in [3.8, 4) is 6.07 Å². The SMILES string of the molecule is CCCCCC1CCC(CC/C=C/C2CCC(c3ccc(C#N)cc3)CC2)CC1. The largest absolute Gasteiger partial charge is 0.192 e. The molecule has 0 amide bonds. The van der Waals surface area contributed by atoms with Crippen molar-refractivity contribution in [2.24, 2.45) is 17.8 Å². The van der Waals surface area contributed by atoms with Gasteiger partial charge in [-0.25, -0.2) is 0 Å². The van der Waals surface area contributed by atoms with Crippen LogP contribution in [0.5, 0.6) is 0 Å². The molecule has 0 aromatic heterocycles. The van der Waals surface area contributed by atoms with Gasteiger partial charge in [0.15, 0.2) is 0 Å². The van der Waals surface area contributed by atoms with E-state index >= 15 is 0 Å². The van der Waals surface area contributed by atoms with Gasteiger partial charge in [-0.1, -0.05) is 82.6 Å². The maximum atomic E-state index is 8.95. The third-order valence-electron chi connectivity index (χ3n) is 7.62. The Kier molecular flexibility index (Phi) is 9.33. The Morgan fingerprint density at radius 1 is 0.862 bits per heavy atom. The van der Waals surface area contributed by atoms with Crippen molar-refractivity contribution >= 4 is 0 Å². The number of nitriles is 1. The number of rotatable bonds is 9. The van der Waals surface area contributed by atoms with Gasteiger partial charge in [0.25, 0.3) is 0 Å². The number of hydrogen-bond acceptors (Lipinski definition) is 1. The zero-order valence-electron chi connectivity index (χ0n) is 18.6. The second-order valence-electron chi connectivity index (χ2n) is 9.73. The molecule has 2 fully saturated rings. The molecule has 1 aromatic carbocycles. The number of nitrogens with zero attached hydrogens (tertiary/aromatic N) is 1. The first-order valence-corrected chi connectivity index (χ1v) is 12.4. The van der Waals surface area contributed by atoms with Crippen molar-refractivity contribution < 1.29 is 0 Å². The standard InChI is InChI=1S/C28H41N/c1-2-3-4-7-23-10-12-24(13-11-23)8-5-6-9-25-14-18-27(19-15-25)28-20-16-26(22-29)17-21-28/h6,9,16-17,20-21,23-25,27H,2-5,7-8,10-15,18-19H2,1H3/b9-6+. The number of hydrogen-bond donors (Lipinski definition) is 0. The molecule has 29 heavy (non-hydrogen) atoms. The van der Waals surface area contributed by atoms with Crippen molar-refractivity contribution in [3.05, 3.63) is 47.5 Å². The Labute approximate surface area is 179 Å². The zero-order chi connectivity index (χ0) is 20.3. The summed E-state index contributed by atoms with van der Waals surface area (Å²) in [6.45, 7) is 2.31. The van der Waals surface area contributed by atoms with Gasteiger partial charge in [-0.15, -0.1) is 0 Å². The van der Waals surface area contributed by atoms with E-state index in [1.807, 2.05) is 12.1 Å². The summed E-state index contributed by atoms with van der Waals surface area (Å²) in [5.74, 6) is 3.52. The lowest BCUT2D eigenvalue weighted by atomic mass is 9.77. The van der Waals surface area contributed by atoms with Gasteiger partial charge in [0, 0.05) is 0 Å². The maximum Gasteiger partial charge on any atom is 0.0991 e. The predicted octanol–water partition coefficient (Wildman–Crippen LogP) is 8.56. The number of unbranched alkanes of at least 4 members (excludes halogenated alkanes) is 2. The minimum atomic E-state index is 0.694. The van der Waals surface area contributed by atoms with E-state index in [1.165, 1.54) is 95.5 Å². The Morgan fingerprint density at radius 2 is 1.52 bits per heavy atom. The van der Waals surface area contributed by atoms with Crippen LogP contribution in [0.25, 0.3) is 0 Å². The van der Waals surface area contributed by atoms with Crippen LogP contribution in [-0.4, -0.2) is 0 Å². The molecule has 0 aliphatic heterocycles. The van der Waals surface area contributed by atoms with Crippen LogP contribution < -0.4 is 0 Å². The summed E-state index contributed by atoms with van der Waals surface area (Å²) in [6.07, 6.45) is 24.7. The third kappa shape index (κ3) is 7.33. The van der Waals surface area contributed by atoms with E-state index in [0.29, 0.717) is 5.92 Å². The fraction of sp³-hybridized carbons (Fsp3) is 0.679. The van der Waals surface area contributed by atoms with E-state index in [-0.39, 0.29) is 0 Å². The maximum absolute atomic E-state index is 8.95. The monoisotopic (exact) mass is 391 g/mol. The summed E-state index contributed by atoms with van der Waals surface area (Å²) < 4.78 is 0. The molecule has 1 aromatic rings. The van der Waals surface area contributed by atoms with Crippen LogP contribution in [0.1, 0.15) is 114 Å². The Morgan fingerprint density at radius 3 is 2.14 bits per heavy atom. The van der Waals surface area contributed by atoms with E-state index in [0.717, 1.165) is 23.3 Å². The molecular formula is C28H41N. The Bertz CT molecular complexity index is 634. The average molecular weight is 392 g/mol. The van der Waals surface area contributed by atoms with Crippen LogP contribution in [0.4, 0.5) is 0 Å². The van der Waals surface area contributed by atoms with Gasteiger partial charge in [-0.3, -0.25) is 0 Å². The van der Waals surface area contributed by atoms with Crippen molar-refractivity contribution in [2.45, 2.75) is 103 Å². The lowest BCUT2D eigenvalue weighted by Gasteiger charge is -2.28. The molecule has 0 bridgehead atoms. The summed E-state index contributed by atoms with van der Waals surface area (Å²) >= 11 is 0. The van der Waals surface area contributed by atoms with Gasteiger partial charge in [-0.05, 0) is 79.9 Å². The summed E-state index contributed by atoms with van der Waals surface area (Å²) in [7, 11) is 0. The molecule has 3 rings (SSSR count). The highest BCUT2D eigenvalue weighted by Gasteiger charge is 2.22. The molecule has 0 unspecified atom stereocenters. The minimum Gasteiger partial charge on any atom is -0.192 e. The van der Waals surface area contributed by atoms with Gasteiger partial charge in [0.1, 0.15) is 0 Å². The van der Waals surface area contributed by atoms with E-state index in [1.54, 1.807) is 0 Å². The van der Waals surface area contributed by atoms with Gasteiger partial charge in [-0.2, -0.15) is 5.26 Å². The molecule has 2 aliphatic carbocycles. The van der Waals surface area contributed by atoms with Crippen LogP contribution >= 0.6 is 0 Å². The molecule has 0 radical (unpaired) electrons. The average Bonchev–Trinajstić information content (AvgIpc) is 2.78. The van der Waals surface area contributed by atoms with E-state index in [4.69, 9.17) is 5.26 Å². The number of benzene rings is 1. The van der Waals surface area contributed by atoms with Crippen LogP contribution in [0, 0.1) is 29.1 Å². The summed E-state index contributed by atoms with van der Waals surface area (Å²) in [5, 5.41) is 8.95. The number of allylic oxidation sites excluding steroid dienone is 2. The van der Waals surface area contributed by atoms with E-state index in [9.17, 15) is 0 Å². The molecule has 2 saturated carbocycles. The van der Waals surface area contributed by atoms with Gasteiger partial charge in [0.2, 0.25) is 0 Å². The fourth-order valence-electron chi connectivity index (χ4n) is 5.59. The molecule has 2 aliphatic rings. The van der Waals surface area contributed by atoms with Gasteiger partial charge in [0.05, 0.1) is 11.6 Å². The molecule has 1 nitrogen and oxygen atoms in total. The molecule has 0 saturated heterocycles. The molecule has 0 heterocycles. The third-order valence-corrected chi connectivity index (χ3v) is 7.62. The van der Waals surface area contributed by atoms with Crippen LogP contribution in [0.2, 0.25) is 0 Å². The lowest BCUT2D eigenvalue weighted by molar-refractivity contribution is 0.250. The smallest absolute Gasteiger partial charge is 0.0991 e. The Hall–Kier alpha value is -1.55. The van der Waals surface area contributed by atoms with Gasteiger partial charge < -0.3 is 0 Å². The predicted molar refractivity (Wildman–Crippen MR) is 124 cm³/mol. The Balaban J connectivity index is 1.29. The first-order valence-electron chi connectivity index (χ1n) is 12.4. The van der Waals surface area contributed by atoms with Crippen LogP contribution in [0.3, 0.4) is 0 Å². The van der Waals surface area contributed by atoms with Crippen molar-refractivity contribution in [1.29, 1.82) is 5.26 Å². The zero-order valence-corrected chi connectivity index (χ0v) is 18.6. The highest BCUT2D eigenvalue weighted by Crippen LogP contribution is 2.37. The normalized spacial score (nSPS) is 27.7. The summed E-state index contributed by atoms with van der Waals surface area (Å²) in [5.41, 5.74) is 2.20. The summed E-state index contributed by atoms with van der Waals surface area (Å²) in [6, 6.07) is 10.5. The summed E-state index contributed by atoms with van der Waals surface area (Å²) in [4.78, 5) is 0. The first-order chi connectivity index (χ1) is 14.3. The van der Waals surface area contributed by atoms with Crippen molar-refractivity contribution in [3.63, 3.8) is 0 Å². The minimum absolute atomic E-state index is 0.694. The molecule has 1 heteroatoms. The quantitative estimate of drug-likeness (QED) is 0.305. The molecular weight excluding hydrogens is 350 g/mol. The van der Waals surface area contributed by atoms with Crippen LogP contribution in [0.15, 0.2) is 36.4 Å². The van der Waals surface area contributed by atoms with Crippen LogP contribution in [-0.2, 0) is 0 Å². The molecule has 0 atom stereocenters. The second kappa shape index (κ2) is 12.2. The molecule has 0 N–H and O–H groups in total. The van der Waals surface area contributed by atoms with Crippen molar-refractivity contribution in [1.82, 2.24) is 0 Å². The highest BCUT2D eigenvalue weighted by molar-refractivity contribution is 5.33. The highest BCUT2D eigenvalue weighted by atomic mass is 14.3. The van der Waals surface area contributed by atoms with E-state index < -0.39 is 0 Å². The van der Waals surface area contributed by atoms with Gasteiger partial charge >= 0.3 is 0 Å². The van der Waals surface area contributed by atoms with E-state index in [2.05, 4.69) is 37.3 Å². The first kappa shape index (κ1) is 22.1. The van der Waals surface area contributed by atoms with Crippen molar-refractivity contribution in [2.75, 3.05) is 0 Å². The fourth-order valence-corrected chi connectivity index (χ4v) is 5.59. The topological polar surface area (TPSA) is 23.8 Å². The second-order valence-corrected chi connectivity index (χ2v) is 9.73. The molecule has 158 valence electrons.